The lowest BCUT2D eigenvalue weighted by Crippen LogP contribution is -1.83. The van der Waals surface area contributed by atoms with Crippen LogP contribution in [-0.4, -0.2) is 4.57 Å². The summed E-state index contributed by atoms with van der Waals surface area (Å²) in [6.45, 7) is 2.16. The van der Waals surface area contributed by atoms with E-state index in [-0.39, 0.29) is 0 Å². The quantitative estimate of drug-likeness (QED) is 0.649. The fourth-order valence-corrected chi connectivity index (χ4v) is 2.68. The zero-order valence-corrected chi connectivity index (χ0v) is 9.29. The molecule has 1 aromatic carbocycles. The van der Waals surface area contributed by atoms with Gasteiger partial charge in [-0.3, -0.25) is 0 Å². The molecule has 0 N–H and O–H groups in total. The van der Waals surface area contributed by atoms with Gasteiger partial charge in [0, 0.05) is 27.7 Å². The number of hydrogen-bond acceptors (Lipinski definition) is 0. The summed E-state index contributed by atoms with van der Waals surface area (Å²) in [5.41, 5.74) is 2.68. The first-order chi connectivity index (χ1) is 5.70. The molecule has 1 heterocycles. The zero-order chi connectivity index (χ0) is 8.72. The average molecular weight is 271 g/mol. The standard InChI is InChI=1S/C10H10IN/c1-7-4-3-5-9-10(7)8(11)6-12(9)2/h3-6H,1-2H3. The second-order valence-corrected chi connectivity index (χ2v) is 4.22. The van der Waals surface area contributed by atoms with E-state index in [1.165, 1.54) is 20.0 Å². The van der Waals surface area contributed by atoms with Crippen molar-refractivity contribution in [3.63, 3.8) is 0 Å². The van der Waals surface area contributed by atoms with Gasteiger partial charge in [-0.25, -0.2) is 0 Å². The fourth-order valence-electron chi connectivity index (χ4n) is 1.56. The van der Waals surface area contributed by atoms with Gasteiger partial charge in [0.1, 0.15) is 0 Å². The van der Waals surface area contributed by atoms with E-state index in [1.807, 2.05) is 0 Å². The van der Waals surface area contributed by atoms with Crippen molar-refractivity contribution in [2.45, 2.75) is 6.92 Å². The van der Waals surface area contributed by atoms with Gasteiger partial charge in [0.2, 0.25) is 0 Å². The van der Waals surface area contributed by atoms with Crippen LogP contribution in [0.5, 0.6) is 0 Å². The maximum atomic E-state index is 2.38. The van der Waals surface area contributed by atoms with Crippen LogP contribution in [0.15, 0.2) is 24.4 Å². The topological polar surface area (TPSA) is 4.93 Å². The van der Waals surface area contributed by atoms with Crippen LogP contribution in [0.3, 0.4) is 0 Å². The van der Waals surface area contributed by atoms with Crippen molar-refractivity contribution < 1.29 is 0 Å². The Morgan fingerprint density at radius 2 is 2.08 bits per heavy atom. The van der Waals surface area contributed by atoms with Gasteiger partial charge in [0.25, 0.3) is 0 Å². The summed E-state index contributed by atoms with van der Waals surface area (Å²) in [4.78, 5) is 0. The molecule has 0 aliphatic rings. The maximum Gasteiger partial charge on any atom is 0.0491 e. The minimum atomic E-state index is 1.32. The van der Waals surface area contributed by atoms with Crippen molar-refractivity contribution in [1.29, 1.82) is 0 Å². The monoisotopic (exact) mass is 271 g/mol. The van der Waals surface area contributed by atoms with Crippen molar-refractivity contribution in [3.05, 3.63) is 33.5 Å². The molecule has 0 spiro atoms. The summed E-state index contributed by atoms with van der Waals surface area (Å²) in [6.07, 6.45) is 2.16. The minimum absolute atomic E-state index is 1.32. The Hall–Kier alpha value is -0.510. The number of fused-ring (bicyclic) bond motifs is 1. The molecular weight excluding hydrogens is 261 g/mol. The van der Waals surface area contributed by atoms with Gasteiger partial charge in [-0.1, -0.05) is 12.1 Å². The first-order valence-electron chi connectivity index (χ1n) is 3.90. The molecule has 0 atom stereocenters. The van der Waals surface area contributed by atoms with E-state index in [2.05, 4.69) is 65.5 Å². The van der Waals surface area contributed by atoms with Crippen molar-refractivity contribution in [3.8, 4) is 0 Å². The number of nitrogens with zero attached hydrogens (tertiary/aromatic N) is 1. The maximum absolute atomic E-state index is 2.38. The lowest BCUT2D eigenvalue weighted by Gasteiger charge is -1.97. The van der Waals surface area contributed by atoms with E-state index in [1.54, 1.807) is 0 Å². The van der Waals surface area contributed by atoms with Crippen LogP contribution in [0.25, 0.3) is 10.9 Å². The molecule has 2 rings (SSSR count). The molecule has 62 valence electrons. The van der Waals surface area contributed by atoms with Crippen LogP contribution in [-0.2, 0) is 7.05 Å². The molecular formula is C10H10IN. The number of benzene rings is 1. The third-order valence-electron chi connectivity index (χ3n) is 2.18. The number of aryl methyl sites for hydroxylation is 2. The van der Waals surface area contributed by atoms with Crippen LogP contribution >= 0.6 is 22.6 Å². The van der Waals surface area contributed by atoms with Crippen LogP contribution in [0.1, 0.15) is 5.56 Å². The van der Waals surface area contributed by atoms with Gasteiger partial charge in [-0.15, -0.1) is 0 Å². The fraction of sp³-hybridized carbons (Fsp3) is 0.200. The third-order valence-corrected chi connectivity index (χ3v) is 2.99. The van der Waals surface area contributed by atoms with Crippen LogP contribution in [0.4, 0.5) is 0 Å². The minimum Gasteiger partial charge on any atom is -0.349 e. The first-order valence-corrected chi connectivity index (χ1v) is 4.98. The molecule has 0 aliphatic carbocycles. The smallest absolute Gasteiger partial charge is 0.0491 e. The van der Waals surface area contributed by atoms with E-state index >= 15 is 0 Å². The highest BCUT2D eigenvalue weighted by Gasteiger charge is 2.04. The highest BCUT2D eigenvalue weighted by atomic mass is 127. The van der Waals surface area contributed by atoms with Crippen molar-refractivity contribution >= 4 is 33.5 Å². The molecule has 1 aromatic heterocycles. The average Bonchev–Trinajstić information content (AvgIpc) is 2.29. The number of aromatic nitrogens is 1. The predicted molar refractivity (Wildman–Crippen MR) is 60.4 cm³/mol. The Morgan fingerprint density at radius 1 is 1.33 bits per heavy atom. The summed E-state index contributed by atoms with van der Waals surface area (Å²) in [5.74, 6) is 0. The molecule has 0 fully saturated rings. The summed E-state index contributed by atoms with van der Waals surface area (Å²) in [6, 6.07) is 6.42. The van der Waals surface area contributed by atoms with Gasteiger partial charge in [-0.2, -0.15) is 0 Å². The molecule has 2 aromatic rings. The highest BCUT2D eigenvalue weighted by Crippen LogP contribution is 2.24. The Kier molecular flexibility index (Phi) is 1.87. The van der Waals surface area contributed by atoms with Gasteiger partial charge < -0.3 is 4.57 Å². The van der Waals surface area contributed by atoms with E-state index in [0.717, 1.165) is 0 Å². The number of halogens is 1. The van der Waals surface area contributed by atoms with Crippen molar-refractivity contribution in [1.82, 2.24) is 4.57 Å². The molecule has 0 saturated heterocycles. The van der Waals surface area contributed by atoms with Gasteiger partial charge >= 0.3 is 0 Å². The molecule has 12 heavy (non-hydrogen) atoms. The molecule has 0 unspecified atom stereocenters. The molecule has 1 nitrogen and oxygen atoms in total. The second-order valence-electron chi connectivity index (χ2n) is 3.06. The summed E-state index contributed by atoms with van der Waals surface area (Å²) in [7, 11) is 2.09. The largest absolute Gasteiger partial charge is 0.349 e. The number of rotatable bonds is 0. The second kappa shape index (κ2) is 2.76. The van der Waals surface area contributed by atoms with Crippen molar-refractivity contribution in [2.75, 3.05) is 0 Å². The lowest BCUT2D eigenvalue weighted by atomic mass is 10.1. The highest BCUT2D eigenvalue weighted by molar-refractivity contribution is 14.1. The van der Waals surface area contributed by atoms with Crippen molar-refractivity contribution in [2.24, 2.45) is 7.05 Å². The molecule has 0 amide bonds. The molecule has 2 heteroatoms. The summed E-state index contributed by atoms with van der Waals surface area (Å²) >= 11 is 2.38. The summed E-state index contributed by atoms with van der Waals surface area (Å²) < 4.78 is 3.51. The Morgan fingerprint density at radius 3 is 2.75 bits per heavy atom. The normalized spacial score (nSPS) is 10.9. The number of hydrogen-bond donors (Lipinski definition) is 0. The molecule has 0 aliphatic heterocycles. The summed E-state index contributed by atoms with van der Waals surface area (Å²) in [5, 5.41) is 1.39. The van der Waals surface area contributed by atoms with Gasteiger partial charge in [0.15, 0.2) is 0 Å². The van der Waals surface area contributed by atoms with Crippen LogP contribution in [0, 0.1) is 10.5 Å². The van der Waals surface area contributed by atoms with E-state index in [9.17, 15) is 0 Å². The SMILES string of the molecule is Cc1cccc2c1c(I)cn2C. The van der Waals surface area contributed by atoms with E-state index in [0.29, 0.717) is 0 Å². The Labute approximate surface area is 85.5 Å². The zero-order valence-electron chi connectivity index (χ0n) is 7.13. The first kappa shape index (κ1) is 8.10. The lowest BCUT2D eigenvalue weighted by molar-refractivity contribution is 0.966. The van der Waals surface area contributed by atoms with E-state index in [4.69, 9.17) is 0 Å². The Balaban J connectivity index is 2.99. The Bertz CT molecular complexity index is 429. The van der Waals surface area contributed by atoms with Crippen LogP contribution < -0.4 is 0 Å². The molecule has 0 radical (unpaired) electrons. The van der Waals surface area contributed by atoms with Crippen LogP contribution in [0.2, 0.25) is 0 Å². The third kappa shape index (κ3) is 1.05. The van der Waals surface area contributed by atoms with E-state index < -0.39 is 0 Å². The molecule has 0 bridgehead atoms. The molecule has 0 saturated carbocycles. The predicted octanol–water partition coefficient (Wildman–Crippen LogP) is 3.09. The van der Waals surface area contributed by atoms with Gasteiger partial charge in [-0.05, 0) is 41.1 Å². The van der Waals surface area contributed by atoms with Gasteiger partial charge in [0.05, 0.1) is 0 Å².